The van der Waals surface area contributed by atoms with Gasteiger partial charge in [0, 0.05) is 12.8 Å². The fourth-order valence-electron chi connectivity index (χ4n) is 2.20. The lowest BCUT2D eigenvalue weighted by atomic mass is 9.78. The van der Waals surface area contributed by atoms with E-state index < -0.39 is 0 Å². The second-order valence-corrected chi connectivity index (χ2v) is 3.96. The Morgan fingerprint density at radius 2 is 1.62 bits per heavy atom. The molecule has 1 aliphatic carbocycles. The van der Waals surface area contributed by atoms with Crippen LogP contribution in [0.1, 0.15) is 32.1 Å². The summed E-state index contributed by atoms with van der Waals surface area (Å²) in [5.41, 5.74) is 0. The summed E-state index contributed by atoms with van der Waals surface area (Å²) in [6.07, 6.45) is 8.52. The molecule has 13 heavy (non-hydrogen) atoms. The minimum absolute atomic E-state index is 0.421. The Morgan fingerprint density at radius 1 is 1.15 bits per heavy atom. The number of hydrogen-bond donors (Lipinski definition) is 0. The van der Waals surface area contributed by atoms with Crippen molar-refractivity contribution in [1.82, 2.24) is 0 Å². The Bertz CT molecular complexity index is 185. The number of rotatable bonds is 4. The molecule has 1 fully saturated rings. The van der Waals surface area contributed by atoms with Crippen molar-refractivity contribution in [2.45, 2.75) is 32.1 Å². The number of allylic oxidation sites excluding steroid dienone is 2. The smallest absolute Gasteiger partial charge is 0.133 e. The summed E-state index contributed by atoms with van der Waals surface area (Å²) in [7, 11) is 0. The third kappa shape index (κ3) is 3.17. The van der Waals surface area contributed by atoms with Gasteiger partial charge in [-0.3, -0.25) is 4.79 Å². The van der Waals surface area contributed by atoms with Crippen molar-refractivity contribution in [3.8, 4) is 0 Å². The van der Waals surface area contributed by atoms with E-state index in [0.717, 1.165) is 25.7 Å². The first-order valence-electron chi connectivity index (χ1n) is 4.99. The van der Waals surface area contributed by atoms with E-state index in [1.54, 1.807) is 0 Å². The molecule has 2 unspecified atom stereocenters. The van der Waals surface area contributed by atoms with Gasteiger partial charge < -0.3 is 0 Å². The van der Waals surface area contributed by atoms with Gasteiger partial charge in [0.05, 0.1) is 0 Å². The zero-order chi connectivity index (χ0) is 9.68. The van der Waals surface area contributed by atoms with Crippen molar-refractivity contribution in [3.05, 3.63) is 25.3 Å². The summed E-state index contributed by atoms with van der Waals surface area (Å²) in [6.45, 7) is 7.44. The highest BCUT2D eigenvalue weighted by Crippen LogP contribution is 2.31. The lowest BCUT2D eigenvalue weighted by Gasteiger charge is -2.26. The molecule has 0 aromatic rings. The summed E-state index contributed by atoms with van der Waals surface area (Å²) < 4.78 is 0. The topological polar surface area (TPSA) is 17.1 Å². The molecular weight excluding hydrogens is 160 g/mol. The van der Waals surface area contributed by atoms with Gasteiger partial charge in [0.2, 0.25) is 0 Å². The number of Topliss-reactive ketones (excluding diaryl/α,β-unsaturated/α-hetero) is 1. The van der Waals surface area contributed by atoms with E-state index in [1.807, 2.05) is 12.2 Å². The highest BCUT2D eigenvalue weighted by atomic mass is 16.1. The standard InChI is InChI=1S/C12H18O/c1-3-5-10-7-11(6-4-2)9-12(13)8-10/h3-4,10-11H,1-2,5-9H2. The molecule has 0 spiro atoms. The van der Waals surface area contributed by atoms with Crippen LogP contribution in [-0.2, 0) is 4.79 Å². The average molecular weight is 178 g/mol. The molecule has 1 rings (SSSR count). The Hall–Kier alpha value is -0.850. The van der Waals surface area contributed by atoms with Crippen LogP contribution >= 0.6 is 0 Å². The van der Waals surface area contributed by atoms with Crippen molar-refractivity contribution in [3.63, 3.8) is 0 Å². The molecule has 0 aromatic heterocycles. The van der Waals surface area contributed by atoms with Crippen LogP contribution in [0, 0.1) is 11.8 Å². The normalized spacial score (nSPS) is 28.5. The van der Waals surface area contributed by atoms with Crippen molar-refractivity contribution < 1.29 is 4.79 Å². The summed E-state index contributed by atoms with van der Waals surface area (Å²) in [4.78, 5) is 11.4. The molecule has 1 nitrogen and oxygen atoms in total. The predicted octanol–water partition coefficient (Wildman–Crippen LogP) is 3.12. The van der Waals surface area contributed by atoms with Gasteiger partial charge in [-0.05, 0) is 31.1 Å². The van der Waals surface area contributed by atoms with Gasteiger partial charge in [0.1, 0.15) is 5.78 Å². The zero-order valence-corrected chi connectivity index (χ0v) is 8.17. The Kier molecular flexibility index (Phi) is 3.94. The second kappa shape index (κ2) is 5.00. The number of hydrogen-bond acceptors (Lipinski definition) is 1. The van der Waals surface area contributed by atoms with Crippen LogP contribution in [0.25, 0.3) is 0 Å². The van der Waals surface area contributed by atoms with Crippen molar-refractivity contribution >= 4 is 5.78 Å². The Morgan fingerprint density at radius 3 is 2.00 bits per heavy atom. The molecule has 0 saturated heterocycles. The van der Waals surface area contributed by atoms with Gasteiger partial charge in [0.25, 0.3) is 0 Å². The van der Waals surface area contributed by atoms with E-state index in [2.05, 4.69) is 13.2 Å². The second-order valence-electron chi connectivity index (χ2n) is 3.96. The maximum Gasteiger partial charge on any atom is 0.133 e. The van der Waals surface area contributed by atoms with Crippen LogP contribution in [0.3, 0.4) is 0 Å². The van der Waals surface area contributed by atoms with E-state index >= 15 is 0 Å². The minimum Gasteiger partial charge on any atom is -0.300 e. The predicted molar refractivity (Wildman–Crippen MR) is 55.5 cm³/mol. The molecule has 1 saturated carbocycles. The number of carbonyl (C=O) groups is 1. The minimum atomic E-state index is 0.421. The molecule has 0 aromatic carbocycles. The van der Waals surface area contributed by atoms with E-state index in [0.29, 0.717) is 17.6 Å². The van der Waals surface area contributed by atoms with Crippen LogP contribution in [0.15, 0.2) is 25.3 Å². The molecule has 0 N–H and O–H groups in total. The van der Waals surface area contributed by atoms with Crippen molar-refractivity contribution in [1.29, 1.82) is 0 Å². The van der Waals surface area contributed by atoms with Gasteiger partial charge in [-0.2, -0.15) is 0 Å². The lowest BCUT2D eigenvalue weighted by molar-refractivity contribution is -0.122. The largest absolute Gasteiger partial charge is 0.300 e. The summed E-state index contributed by atoms with van der Waals surface area (Å²) in [6, 6.07) is 0. The number of ketones is 1. The molecule has 0 heterocycles. The van der Waals surface area contributed by atoms with Crippen LogP contribution in [0.5, 0.6) is 0 Å². The lowest BCUT2D eigenvalue weighted by Crippen LogP contribution is -2.22. The summed E-state index contributed by atoms with van der Waals surface area (Å²) in [5, 5.41) is 0. The molecule has 0 amide bonds. The highest BCUT2D eigenvalue weighted by Gasteiger charge is 2.25. The average Bonchev–Trinajstić information content (AvgIpc) is 2.04. The first-order valence-corrected chi connectivity index (χ1v) is 4.99. The quantitative estimate of drug-likeness (QED) is 0.604. The molecule has 2 atom stereocenters. The highest BCUT2D eigenvalue weighted by molar-refractivity contribution is 5.79. The summed E-state index contributed by atoms with van der Waals surface area (Å²) in [5.74, 6) is 1.51. The molecular formula is C12H18O. The first kappa shape index (κ1) is 10.2. The third-order valence-electron chi connectivity index (χ3n) is 2.70. The summed E-state index contributed by atoms with van der Waals surface area (Å²) >= 11 is 0. The Balaban J connectivity index is 2.46. The SMILES string of the molecule is C=CCC1CC(=O)CC(CC=C)C1. The van der Waals surface area contributed by atoms with Crippen LogP contribution < -0.4 is 0 Å². The van der Waals surface area contributed by atoms with Crippen LogP contribution in [0.2, 0.25) is 0 Å². The van der Waals surface area contributed by atoms with Gasteiger partial charge in [-0.15, -0.1) is 13.2 Å². The first-order chi connectivity index (χ1) is 6.26. The number of carbonyl (C=O) groups excluding carboxylic acids is 1. The molecule has 1 heteroatoms. The van der Waals surface area contributed by atoms with Gasteiger partial charge in [0.15, 0.2) is 0 Å². The van der Waals surface area contributed by atoms with E-state index in [-0.39, 0.29) is 0 Å². The van der Waals surface area contributed by atoms with Gasteiger partial charge in [-0.1, -0.05) is 12.2 Å². The van der Waals surface area contributed by atoms with Gasteiger partial charge in [-0.25, -0.2) is 0 Å². The maximum atomic E-state index is 11.4. The molecule has 0 radical (unpaired) electrons. The van der Waals surface area contributed by atoms with E-state index in [9.17, 15) is 4.79 Å². The van der Waals surface area contributed by atoms with Crippen LogP contribution in [0.4, 0.5) is 0 Å². The third-order valence-corrected chi connectivity index (χ3v) is 2.70. The van der Waals surface area contributed by atoms with E-state index in [1.165, 1.54) is 6.42 Å². The Labute approximate surface area is 80.5 Å². The van der Waals surface area contributed by atoms with Gasteiger partial charge >= 0.3 is 0 Å². The fraction of sp³-hybridized carbons (Fsp3) is 0.583. The van der Waals surface area contributed by atoms with Crippen molar-refractivity contribution in [2.24, 2.45) is 11.8 Å². The molecule has 1 aliphatic rings. The molecule has 0 aliphatic heterocycles. The van der Waals surface area contributed by atoms with E-state index in [4.69, 9.17) is 0 Å². The van der Waals surface area contributed by atoms with Crippen molar-refractivity contribution in [2.75, 3.05) is 0 Å². The molecule has 0 bridgehead atoms. The van der Waals surface area contributed by atoms with Crippen LogP contribution in [-0.4, -0.2) is 5.78 Å². The molecule has 72 valence electrons. The monoisotopic (exact) mass is 178 g/mol. The maximum absolute atomic E-state index is 11.4. The fourth-order valence-corrected chi connectivity index (χ4v) is 2.20. The zero-order valence-electron chi connectivity index (χ0n) is 8.17.